The number of nitrogens with one attached hydrogen (secondary N) is 1. The normalized spacial score (nSPS) is 13.3. The third-order valence-electron chi connectivity index (χ3n) is 4.71. The number of rotatable bonds is 12. The van der Waals surface area contributed by atoms with Crippen molar-refractivity contribution in [2.45, 2.75) is 44.9 Å². The zero-order valence-electron chi connectivity index (χ0n) is 15.8. The zero-order chi connectivity index (χ0) is 18.6. The number of hydrogen-bond donors (Lipinski definition) is 2. The number of ether oxygens (including phenoxy) is 1. The summed E-state index contributed by atoms with van der Waals surface area (Å²) in [5, 5.41) is 3.39. The first-order valence-corrected chi connectivity index (χ1v) is 9.56. The van der Waals surface area contributed by atoms with Gasteiger partial charge in [0.25, 0.3) is 0 Å². The largest absolute Gasteiger partial charge is 0.383 e. The SMILES string of the molecule is COCCN(CCCCc1ccc2c(n1)NCCC2)CCCC(=O)ON. The summed E-state index contributed by atoms with van der Waals surface area (Å²) >= 11 is 0. The second kappa shape index (κ2) is 11.8. The van der Waals surface area contributed by atoms with E-state index in [1.165, 1.54) is 12.0 Å². The Morgan fingerprint density at radius 1 is 1.27 bits per heavy atom. The molecule has 1 aliphatic heterocycles. The smallest absolute Gasteiger partial charge is 0.324 e. The van der Waals surface area contributed by atoms with Crippen LogP contribution in [0.1, 0.15) is 43.4 Å². The molecule has 2 heterocycles. The Balaban J connectivity index is 1.69. The molecule has 2 rings (SSSR count). The zero-order valence-corrected chi connectivity index (χ0v) is 15.8. The minimum absolute atomic E-state index is 0.353. The molecule has 0 radical (unpaired) electrons. The highest BCUT2D eigenvalue weighted by Crippen LogP contribution is 2.20. The number of unbranched alkanes of at least 4 members (excludes halogenated alkanes) is 1. The number of aryl methyl sites for hydroxylation is 2. The Kier molecular flexibility index (Phi) is 9.38. The van der Waals surface area contributed by atoms with Gasteiger partial charge in [-0.25, -0.2) is 4.98 Å². The first-order valence-electron chi connectivity index (χ1n) is 9.56. The molecule has 0 aliphatic carbocycles. The maximum Gasteiger partial charge on any atom is 0.324 e. The predicted molar refractivity (Wildman–Crippen MR) is 102 cm³/mol. The van der Waals surface area contributed by atoms with Gasteiger partial charge in [0.15, 0.2) is 0 Å². The fourth-order valence-corrected chi connectivity index (χ4v) is 3.21. The number of aromatic nitrogens is 1. The molecule has 1 aromatic heterocycles. The standard InChI is InChI=1S/C19H32N4O3/c1-25-15-14-23(13-5-8-18(24)26-20)12-3-2-7-17-10-9-16-6-4-11-21-19(16)22-17/h9-10H,2-8,11-15,20H2,1H3,(H,21,22). The summed E-state index contributed by atoms with van der Waals surface area (Å²) in [5.74, 6) is 5.59. The van der Waals surface area contributed by atoms with Crippen molar-refractivity contribution in [3.05, 3.63) is 23.4 Å². The molecule has 146 valence electrons. The van der Waals surface area contributed by atoms with Gasteiger partial charge in [-0.15, -0.1) is 0 Å². The van der Waals surface area contributed by atoms with E-state index in [0.717, 1.165) is 69.8 Å². The number of carbonyl (C=O) groups excluding carboxylic acids is 1. The van der Waals surface area contributed by atoms with Crippen LogP contribution in [0.3, 0.4) is 0 Å². The highest BCUT2D eigenvalue weighted by Gasteiger charge is 2.11. The van der Waals surface area contributed by atoms with Crippen LogP contribution in [0.5, 0.6) is 0 Å². The van der Waals surface area contributed by atoms with E-state index in [4.69, 9.17) is 15.6 Å². The van der Waals surface area contributed by atoms with E-state index < -0.39 is 0 Å². The summed E-state index contributed by atoms with van der Waals surface area (Å²) in [6.45, 7) is 4.42. The molecule has 0 atom stereocenters. The maximum absolute atomic E-state index is 11.1. The van der Waals surface area contributed by atoms with Gasteiger partial charge in [-0.1, -0.05) is 6.07 Å². The van der Waals surface area contributed by atoms with Crippen LogP contribution in [0, 0.1) is 0 Å². The number of nitrogens with zero attached hydrogens (tertiary/aromatic N) is 2. The van der Waals surface area contributed by atoms with E-state index in [-0.39, 0.29) is 5.97 Å². The second-order valence-corrected chi connectivity index (χ2v) is 6.73. The Morgan fingerprint density at radius 2 is 2.12 bits per heavy atom. The number of carbonyl (C=O) groups is 1. The quantitative estimate of drug-likeness (QED) is 0.432. The van der Waals surface area contributed by atoms with Gasteiger partial charge < -0.3 is 19.8 Å². The van der Waals surface area contributed by atoms with Crippen LogP contribution in [0.15, 0.2) is 12.1 Å². The van der Waals surface area contributed by atoms with E-state index in [0.29, 0.717) is 13.0 Å². The van der Waals surface area contributed by atoms with E-state index in [1.807, 2.05) is 0 Å². The van der Waals surface area contributed by atoms with Crippen LogP contribution in [-0.4, -0.2) is 55.7 Å². The Labute approximate surface area is 156 Å². The van der Waals surface area contributed by atoms with Crippen molar-refractivity contribution in [3.63, 3.8) is 0 Å². The average Bonchev–Trinajstić information content (AvgIpc) is 2.68. The fraction of sp³-hybridized carbons (Fsp3) is 0.684. The van der Waals surface area contributed by atoms with Crippen molar-refractivity contribution in [2.24, 2.45) is 5.90 Å². The number of fused-ring (bicyclic) bond motifs is 1. The summed E-state index contributed by atoms with van der Waals surface area (Å²) in [4.78, 5) is 22.4. The molecule has 0 saturated heterocycles. The molecular formula is C19H32N4O3. The van der Waals surface area contributed by atoms with Crippen molar-refractivity contribution in [3.8, 4) is 0 Å². The Hall–Kier alpha value is -1.70. The summed E-state index contributed by atoms with van der Waals surface area (Å²) in [5.41, 5.74) is 2.49. The van der Waals surface area contributed by atoms with Crippen LogP contribution in [0.2, 0.25) is 0 Å². The lowest BCUT2D eigenvalue weighted by molar-refractivity contribution is -0.144. The predicted octanol–water partition coefficient (Wildman–Crippen LogP) is 1.91. The van der Waals surface area contributed by atoms with Crippen LogP contribution in [0.25, 0.3) is 0 Å². The molecule has 0 unspecified atom stereocenters. The van der Waals surface area contributed by atoms with E-state index >= 15 is 0 Å². The molecule has 7 nitrogen and oxygen atoms in total. The molecule has 0 amide bonds. The molecule has 1 aliphatic rings. The van der Waals surface area contributed by atoms with Crippen molar-refractivity contribution in [1.29, 1.82) is 0 Å². The molecule has 1 aromatic rings. The molecule has 3 N–H and O–H groups in total. The van der Waals surface area contributed by atoms with E-state index in [2.05, 4.69) is 27.2 Å². The van der Waals surface area contributed by atoms with E-state index in [9.17, 15) is 4.79 Å². The van der Waals surface area contributed by atoms with Gasteiger partial charge >= 0.3 is 5.97 Å². The monoisotopic (exact) mass is 364 g/mol. The second-order valence-electron chi connectivity index (χ2n) is 6.73. The number of methoxy groups -OCH3 is 1. The van der Waals surface area contributed by atoms with Crippen molar-refractivity contribution >= 4 is 11.8 Å². The van der Waals surface area contributed by atoms with Gasteiger partial charge in [-0.05, 0) is 63.2 Å². The molecule has 7 heteroatoms. The van der Waals surface area contributed by atoms with Crippen molar-refractivity contribution < 1.29 is 14.4 Å². The summed E-state index contributed by atoms with van der Waals surface area (Å²) in [6.07, 6.45) is 6.60. The van der Waals surface area contributed by atoms with Gasteiger partial charge in [0.2, 0.25) is 0 Å². The third-order valence-corrected chi connectivity index (χ3v) is 4.71. The fourth-order valence-electron chi connectivity index (χ4n) is 3.21. The summed E-state index contributed by atoms with van der Waals surface area (Å²) < 4.78 is 5.18. The molecule has 0 aromatic carbocycles. The number of anilines is 1. The number of nitrogens with two attached hydrogens (primary N) is 1. The van der Waals surface area contributed by atoms with Crippen LogP contribution >= 0.6 is 0 Å². The lowest BCUT2D eigenvalue weighted by Gasteiger charge is -2.21. The third kappa shape index (κ3) is 7.27. The molecule has 0 spiro atoms. The summed E-state index contributed by atoms with van der Waals surface area (Å²) in [7, 11) is 1.71. The molecule has 0 fully saturated rings. The molecule has 26 heavy (non-hydrogen) atoms. The van der Waals surface area contributed by atoms with Crippen LogP contribution in [-0.2, 0) is 27.2 Å². The lowest BCUT2D eigenvalue weighted by Crippen LogP contribution is -2.30. The Bertz CT molecular complexity index is 554. The van der Waals surface area contributed by atoms with Crippen molar-refractivity contribution in [2.75, 3.05) is 45.2 Å². The van der Waals surface area contributed by atoms with E-state index in [1.54, 1.807) is 7.11 Å². The minimum atomic E-state index is -0.358. The Morgan fingerprint density at radius 3 is 2.92 bits per heavy atom. The molecule has 0 saturated carbocycles. The molecular weight excluding hydrogens is 332 g/mol. The van der Waals surface area contributed by atoms with Crippen molar-refractivity contribution in [1.82, 2.24) is 9.88 Å². The summed E-state index contributed by atoms with van der Waals surface area (Å²) in [6, 6.07) is 4.37. The van der Waals surface area contributed by atoms with Gasteiger partial charge in [0.1, 0.15) is 5.82 Å². The van der Waals surface area contributed by atoms with Crippen LogP contribution < -0.4 is 11.2 Å². The lowest BCUT2D eigenvalue weighted by atomic mass is 10.1. The first kappa shape index (κ1) is 20.6. The average molecular weight is 364 g/mol. The highest BCUT2D eigenvalue weighted by molar-refractivity contribution is 5.68. The van der Waals surface area contributed by atoms with Gasteiger partial charge in [0, 0.05) is 32.3 Å². The van der Waals surface area contributed by atoms with Crippen LogP contribution in [0.4, 0.5) is 5.82 Å². The number of pyridine rings is 1. The maximum atomic E-state index is 11.1. The highest BCUT2D eigenvalue weighted by atomic mass is 16.7. The van der Waals surface area contributed by atoms with Gasteiger partial charge in [-0.3, -0.25) is 4.79 Å². The number of hydrogen-bond acceptors (Lipinski definition) is 7. The minimum Gasteiger partial charge on any atom is -0.383 e. The van der Waals surface area contributed by atoms with Gasteiger partial charge in [-0.2, -0.15) is 5.90 Å². The van der Waals surface area contributed by atoms with Gasteiger partial charge in [0.05, 0.1) is 6.61 Å². The molecule has 0 bridgehead atoms. The first-order chi connectivity index (χ1) is 12.7. The topological polar surface area (TPSA) is 89.7 Å².